The van der Waals surface area contributed by atoms with Crippen LogP contribution in [0.2, 0.25) is 0 Å². The lowest BCUT2D eigenvalue weighted by atomic mass is 10.1. The number of urea groups is 1. The van der Waals surface area contributed by atoms with E-state index in [1.165, 1.54) is 0 Å². The number of anilines is 2. The summed E-state index contributed by atoms with van der Waals surface area (Å²) in [6, 6.07) is 13.5. The van der Waals surface area contributed by atoms with Crippen LogP contribution in [-0.2, 0) is 11.3 Å². The fourth-order valence-electron chi connectivity index (χ4n) is 2.88. The second kappa shape index (κ2) is 7.69. The van der Waals surface area contributed by atoms with Crippen molar-refractivity contribution >= 4 is 29.2 Å². The zero-order chi connectivity index (χ0) is 18.5. The number of benzene rings is 2. The predicted octanol–water partition coefficient (Wildman–Crippen LogP) is 2.23. The van der Waals surface area contributed by atoms with Gasteiger partial charge in [-0.05, 0) is 36.2 Å². The molecule has 2 aromatic carbocycles. The number of carbonyl (C=O) groups excluding carboxylic acids is 3. The number of hydrogen-bond acceptors (Lipinski definition) is 3. The Bertz CT molecular complexity index is 833. The minimum atomic E-state index is -0.597. The summed E-state index contributed by atoms with van der Waals surface area (Å²) in [4.78, 5) is 37.0. The summed E-state index contributed by atoms with van der Waals surface area (Å²) in [5.41, 5.74) is 7.67. The maximum Gasteiger partial charge on any atom is 0.312 e. The topological polar surface area (TPSA) is 105 Å². The Morgan fingerprint density at radius 1 is 1.08 bits per heavy atom. The van der Waals surface area contributed by atoms with Crippen LogP contribution in [0.1, 0.15) is 28.8 Å². The lowest BCUT2D eigenvalue weighted by Gasteiger charge is -2.20. The van der Waals surface area contributed by atoms with Crippen LogP contribution in [0.15, 0.2) is 48.5 Å². The molecule has 26 heavy (non-hydrogen) atoms. The van der Waals surface area contributed by atoms with Crippen LogP contribution < -0.4 is 21.3 Å². The fraction of sp³-hybridized carbons (Fsp3) is 0.211. The normalized spacial score (nSPS) is 13.5. The third-order valence-corrected chi connectivity index (χ3v) is 4.20. The quantitative estimate of drug-likeness (QED) is 0.768. The van der Waals surface area contributed by atoms with E-state index in [-0.39, 0.29) is 11.8 Å². The Morgan fingerprint density at radius 2 is 1.81 bits per heavy atom. The molecule has 4 N–H and O–H groups in total. The van der Waals surface area contributed by atoms with Gasteiger partial charge in [0.25, 0.3) is 5.91 Å². The molecule has 0 saturated carbocycles. The molecule has 1 aliphatic heterocycles. The van der Waals surface area contributed by atoms with E-state index < -0.39 is 6.03 Å². The van der Waals surface area contributed by atoms with Crippen molar-refractivity contribution in [3.8, 4) is 0 Å². The fourth-order valence-corrected chi connectivity index (χ4v) is 2.88. The molecule has 0 aromatic heterocycles. The van der Waals surface area contributed by atoms with Gasteiger partial charge in [-0.3, -0.25) is 9.59 Å². The summed E-state index contributed by atoms with van der Waals surface area (Å²) in [7, 11) is 0. The second-order valence-corrected chi connectivity index (χ2v) is 6.03. The second-order valence-electron chi connectivity index (χ2n) is 6.03. The molecule has 7 heteroatoms. The van der Waals surface area contributed by atoms with E-state index >= 15 is 0 Å². The average molecular weight is 352 g/mol. The lowest BCUT2D eigenvalue weighted by molar-refractivity contribution is -0.117. The van der Waals surface area contributed by atoms with Gasteiger partial charge in [0, 0.05) is 25.1 Å². The number of carbonyl (C=O) groups is 3. The number of rotatable bonds is 5. The average Bonchev–Trinajstić information content (AvgIpc) is 3.06. The van der Waals surface area contributed by atoms with Crippen molar-refractivity contribution in [1.29, 1.82) is 0 Å². The minimum absolute atomic E-state index is 0.0676. The van der Waals surface area contributed by atoms with Crippen molar-refractivity contribution in [3.05, 3.63) is 59.7 Å². The van der Waals surface area contributed by atoms with Gasteiger partial charge < -0.3 is 21.3 Å². The summed E-state index contributed by atoms with van der Waals surface area (Å²) in [6.45, 7) is 0.963. The van der Waals surface area contributed by atoms with Crippen molar-refractivity contribution in [3.63, 3.8) is 0 Å². The number of nitrogens with two attached hydrogens (primary N) is 1. The summed E-state index contributed by atoms with van der Waals surface area (Å²) in [5, 5.41) is 5.37. The highest BCUT2D eigenvalue weighted by Gasteiger charge is 2.24. The highest BCUT2D eigenvalue weighted by molar-refractivity contribution is 6.08. The third-order valence-electron chi connectivity index (χ3n) is 4.20. The molecule has 0 atom stereocenters. The maximum atomic E-state index is 12.5. The molecule has 3 rings (SSSR count). The van der Waals surface area contributed by atoms with Crippen LogP contribution >= 0.6 is 0 Å². The molecule has 0 spiro atoms. The molecule has 134 valence electrons. The van der Waals surface area contributed by atoms with Gasteiger partial charge >= 0.3 is 6.03 Å². The molecule has 0 aliphatic carbocycles. The maximum absolute atomic E-state index is 12.5. The summed E-state index contributed by atoms with van der Waals surface area (Å²) >= 11 is 0. The Balaban J connectivity index is 1.72. The molecule has 7 nitrogen and oxygen atoms in total. The lowest BCUT2D eigenvalue weighted by Crippen LogP contribution is -2.28. The molecule has 1 aliphatic rings. The minimum Gasteiger partial charge on any atom is -0.352 e. The molecule has 0 unspecified atom stereocenters. The first-order chi connectivity index (χ1) is 12.5. The Hall–Kier alpha value is -3.35. The van der Waals surface area contributed by atoms with Crippen molar-refractivity contribution in [2.45, 2.75) is 19.4 Å². The zero-order valence-electron chi connectivity index (χ0n) is 14.2. The van der Waals surface area contributed by atoms with E-state index in [9.17, 15) is 14.4 Å². The van der Waals surface area contributed by atoms with E-state index in [1.54, 1.807) is 35.2 Å². The van der Waals surface area contributed by atoms with E-state index in [1.807, 2.05) is 18.2 Å². The summed E-state index contributed by atoms with van der Waals surface area (Å²) < 4.78 is 0. The monoisotopic (exact) mass is 352 g/mol. The van der Waals surface area contributed by atoms with E-state index in [4.69, 9.17) is 5.73 Å². The van der Waals surface area contributed by atoms with Crippen LogP contribution in [-0.4, -0.2) is 24.4 Å². The van der Waals surface area contributed by atoms with E-state index in [0.717, 1.165) is 12.0 Å². The highest BCUT2D eigenvalue weighted by Crippen LogP contribution is 2.29. The summed E-state index contributed by atoms with van der Waals surface area (Å²) in [6.07, 6.45) is 1.35. The van der Waals surface area contributed by atoms with Crippen LogP contribution in [0.3, 0.4) is 0 Å². The third kappa shape index (κ3) is 4.00. The van der Waals surface area contributed by atoms with E-state index in [0.29, 0.717) is 36.4 Å². The standard InChI is InChI=1S/C19H20N4O3/c20-19(26)21-12-13-7-9-14(10-8-13)18(25)22-15-4-1-2-5-16(15)23-11-3-6-17(23)24/h1-2,4-5,7-10H,3,6,11-12H2,(H,22,25)(H3,20,21,26). The van der Waals surface area contributed by atoms with Crippen LogP contribution in [0.4, 0.5) is 16.2 Å². The Morgan fingerprint density at radius 3 is 2.46 bits per heavy atom. The molecular formula is C19H20N4O3. The molecule has 0 radical (unpaired) electrons. The van der Waals surface area contributed by atoms with Gasteiger partial charge in [-0.15, -0.1) is 0 Å². The van der Waals surface area contributed by atoms with Gasteiger partial charge in [0.1, 0.15) is 0 Å². The first-order valence-electron chi connectivity index (χ1n) is 8.37. The first kappa shape index (κ1) is 17.5. The Labute approximate surface area is 151 Å². The highest BCUT2D eigenvalue weighted by atomic mass is 16.2. The molecule has 1 fully saturated rings. The molecular weight excluding hydrogens is 332 g/mol. The molecule has 0 bridgehead atoms. The van der Waals surface area contributed by atoms with E-state index in [2.05, 4.69) is 10.6 Å². The van der Waals surface area contributed by atoms with Gasteiger partial charge in [-0.25, -0.2) is 4.79 Å². The van der Waals surface area contributed by atoms with Gasteiger partial charge in [0.05, 0.1) is 11.4 Å². The molecule has 1 heterocycles. The summed E-state index contributed by atoms with van der Waals surface area (Å²) in [5.74, 6) is -0.198. The number of primary amides is 1. The van der Waals surface area contributed by atoms with Crippen molar-refractivity contribution in [2.24, 2.45) is 5.73 Å². The van der Waals surface area contributed by atoms with Crippen molar-refractivity contribution < 1.29 is 14.4 Å². The smallest absolute Gasteiger partial charge is 0.312 e. The number of hydrogen-bond donors (Lipinski definition) is 3. The SMILES string of the molecule is NC(=O)NCc1ccc(C(=O)Nc2ccccc2N2CCCC2=O)cc1. The Kier molecular flexibility index (Phi) is 5.17. The molecule has 1 saturated heterocycles. The van der Waals surface area contributed by atoms with Gasteiger partial charge in [-0.1, -0.05) is 24.3 Å². The van der Waals surface area contributed by atoms with Crippen molar-refractivity contribution in [1.82, 2.24) is 5.32 Å². The molecule has 2 aromatic rings. The van der Waals surface area contributed by atoms with Crippen LogP contribution in [0.25, 0.3) is 0 Å². The van der Waals surface area contributed by atoms with Crippen molar-refractivity contribution in [2.75, 3.05) is 16.8 Å². The zero-order valence-corrected chi connectivity index (χ0v) is 14.2. The number of nitrogens with zero attached hydrogens (tertiary/aromatic N) is 1. The van der Waals surface area contributed by atoms with Crippen LogP contribution in [0.5, 0.6) is 0 Å². The largest absolute Gasteiger partial charge is 0.352 e. The van der Waals surface area contributed by atoms with Gasteiger partial charge in [0.15, 0.2) is 0 Å². The van der Waals surface area contributed by atoms with Gasteiger partial charge in [0.2, 0.25) is 5.91 Å². The van der Waals surface area contributed by atoms with Gasteiger partial charge in [-0.2, -0.15) is 0 Å². The first-order valence-corrected chi connectivity index (χ1v) is 8.37. The number of para-hydroxylation sites is 2. The predicted molar refractivity (Wildman–Crippen MR) is 98.8 cm³/mol. The number of amides is 4. The molecule has 4 amide bonds. The number of nitrogens with one attached hydrogen (secondary N) is 2. The van der Waals surface area contributed by atoms with Crippen LogP contribution in [0, 0.1) is 0 Å².